The number of alkyl halides is 3. The summed E-state index contributed by atoms with van der Waals surface area (Å²) in [5, 5.41) is 8.82. The molecule has 0 bridgehead atoms. The van der Waals surface area contributed by atoms with Crippen molar-refractivity contribution in [2.75, 3.05) is 5.75 Å². The van der Waals surface area contributed by atoms with Crippen molar-refractivity contribution < 1.29 is 27.5 Å². The lowest BCUT2D eigenvalue weighted by atomic mass is 10.1. The predicted octanol–water partition coefficient (Wildman–Crippen LogP) is 4.04. The molecule has 2 nitrogen and oxygen atoms in total. The largest absolute Gasteiger partial charge is 0.478 e. The fraction of sp³-hybridized carbons (Fsp3) is 0.364. The number of aromatic carboxylic acids is 1. The van der Waals surface area contributed by atoms with Gasteiger partial charge in [-0.25, -0.2) is 9.18 Å². The first kappa shape index (κ1) is 14.8. The molecule has 18 heavy (non-hydrogen) atoms. The van der Waals surface area contributed by atoms with Crippen molar-refractivity contribution in [3.05, 3.63) is 29.1 Å². The van der Waals surface area contributed by atoms with Crippen LogP contribution in [0.1, 0.15) is 29.3 Å². The van der Waals surface area contributed by atoms with E-state index in [1.165, 1.54) is 0 Å². The highest BCUT2D eigenvalue weighted by Gasteiger charge is 2.36. The third-order valence-electron chi connectivity index (χ3n) is 2.08. The molecule has 1 N–H and O–H groups in total. The molecule has 0 atom stereocenters. The van der Waals surface area contributed by atoms with Gasteiger partial charge in [0.1, 0.15) is 5.82 Å². The number of hydrogen-bond acceptors (Lipinski definition) is 2. The van der Waals surface area contributed by atoms with E-state index in [2.05, 4.69) is 0 Å². The normalized spacial score (nSPS) is 11.6. The average molecular weight is 282 g/mol. The van der Waals surface area contributed by atoms with Gasteiger partial charge in [-0.3, -0.25) is 0 Å². The van der Waals surface area contributed by atoms with E-state index in [9.17, 15) is 22.4 Å². The van der Waals surface area contributed by atoms with E-state index >= 15 is 0 Å². The number of hydrogen-bond donors (Lipinski definition) is 1. The van der Waals surface area contributed by atoms with Gasteiger partial charge in [-0.05, 0) is 24.3 Å². The number of rotatable bonds is 4. The monoisotopic (exact) mass is 282 g/mol. The highest BCUT2D eigenvalue weighted by Crippen LogP contribution is 2.37. The summed E-state index contributed by atoms with van der Waals surface area (Å²) in [5.74, 6) is -2.61. The molecule has 0 aromatic heterocycles. The van der Waals surface area contributed by atoms with Gasteiger partial charge in [-0.15, -0.1) is 11.8 Å². The van der Waals surface area contributed by atoms with Gasteiger partial charge in [-0.2, -0.15) is 13.2 Å². The number of carbonyl (C=O) groups is 1. The van der Waals surface area contributed by atoms with Gasteiger partial charge in [0.05, 0.1) is 16.0 Å². The van der Waals surface area contributed by atoms with E-state index in [0.717, 1.165) is 17.8 Å². The van der Waals surface area contributed by atoms with E-state index in [-0.39, 0.29) is 0 Å². The zero-order valence-corrected chi connectivity index (χ0v) is 10.2. The topological polar surface area (TPSA) is 37.3 Å². The lowest BCUT2D eigenvalue weighted by Gasteiger charge is -2.13. The Hall–Kier alpha value is -1.24. The van der Waals surface area contributed by atoms with Crippen LogP contribution in [0.2, 0.25) is 0 Å². The Morgan fingerprint density at radius 2 is 2.00 bits per heavy atom. The molecule has 0 unspecified atom stereocenters. The number of carboxylic acid groups (broad SMARTS) is 1. The third kappa shape index (κ3) is 3.16. The Labute approximate surface area is 105 Å². The number of benzene rings is 1. The summed E-state index contributed by atoms with van der Waals surface area (Å²) < 4.78 is 51.2. The standard InChI is InChI=1S/C11H10F4O2S/c1-2-5-18-9-6(10(16)17)3-4-7(8(9)12)11(13,14)15/h3-4H,2,5H2,1H3,(H,16,17). The van der Waals surface area contributed by atoms with E-state index < -0.39 is 34.0 Å². The Morgan fingerprint density at radius 3 is 2.44 bits per heavy atom. The van der Waals surface area contributed by atoms with Crippen molar-refractivity contribution in [1.29, 1.82) is 0 Å². The zero-order chi connectivity index (χ0) is 13.9. The predicted molar refractivity (Wildman–Crippen MR) is 59.4 cm³/mol. The summed E-state index contributed by atoms with van der Waals surface area (Å²) in [6, 6.07) is 1.24. The van der Waals surface area contributed by atoms with E-state index in [1.807, 2.05) is 0 Å². The first-order chi connectivity index (χ1) is 8.29. The molecule has 0 saturated carbocycles. The molecule has 7 heteroatoms. The molecule has 0 aliphatic rings. The molecule has 0 aliphatic carbocycles. The molecule has 1 aromatic carbocycles. The van der Waals surface area contributed by atoms with E-state index in [0.29, 0.717) is 18.2 Å². The van der Waals surface area contributed by atoms with Crippen molar-refractivity contribution in [3.63, 3.8) is 0 Å². The first-order valence-electron chi connectivity index (χ1n) is 5.04. The molecular formula is C11H10F4O2S. The third-order valence-corrected chi connectivity index (χ3v) is 3.38. The van der Waals surface area contributed by atoms with Crippen LogP contribution in [-0.4, -0.2) is 16.8 Å². The minimum Gasteiger partial charge on any atom is -0.478 e. The first-order valence-corrected chi connectivity index (χ1v) is 6.03. The van der Waals surface area contributed by atoms with Gasteiger partial charge in [0.15, 0.2) is 0 Å². The van der Waals surface area contributed by atoms with Crippen LogP contribution in [0.25, 0.3) is 0 Å². The summed E-state index contributed by atoms with van der Waals surface area (Å²) in [5.41, 5.74) is -1.88. The van der Waals surface area contributed by atoms with Crippen molar-refractivity contribution in [3.8, 4) is 0 Å². The van der Waals surface area contributed by atoms with Gasteiger partial charge in [0, 0.05) is 0 Å². The van der Waals surface area contributed by atoms with Crippen LogP contribution in [0.4, 0.5) is 17.6 Å². The second-order valence-corrected chi connectivity index (χ2v) is 4.56. The molecule has 0 aliphatic heterocycles. The number of thioether (sulfide) groups is 1. The van der Waals surface area contributed by atoms with Crippen LogP contribution >= 0.6 is 11.8 Å². The van der Waals surface area contributed by atoms with Crippen molar-refractivity contribution in [1.82, 2.24) is 0 Å². The maximum absolute atomic E-state index is 13.7. The minimum atomic E-state index is -4.83. The lowest BCUT2D eigenvalue weighted by molar-refractivity contribution is -0.140. The second kappa shape index (κ2) is 5.60. The number of carboxylic acids is 1. The van der Waals surface area contributed by atoms with Gasteiger partial charge < -0.3 is 5.11 Å². The van der Waals surface area contributed by atoms with Gasteiger partial charge in [-0.1, -0.05) is 6.92 Å². The van der Waals surface area contributed by atoms with Crippen LogP contribution in [0.15, 0.2) is 17.0 Å². The summed E-state index contributed by atoms with van der Waals surface area (Å²) in [4.78, 5) is 10.4. The van der Waals surface area contributed by atoms with Crippen molar-refractivity contribution in [2.24, 2.45) is 0 Å². The maximum Gasteiger partial charge on any atom is 0.419 e. The molecule has 0 heterocycles. The van der Waals surface area contributed by atoms with Crippen LogP contribution in [0.3, 0.4) is 0 Å². The summed E-state index contributed by atoms with van der Waals surface area (Å²) in [7, 11) is 0. The molecule has 0 spiro atoms. The number of halogens is 4. The SMILES string of the molecule is CCCSc1c(C(=O)O)ccc(C(F)(F)F)c1F. The highest BCUT2D eigenvalue weighted by atomic mass is 32.2. The minimum absolute atomic E-state index is 0.346. The molecule has 0 amide bonds. The molecule has 0 fully saturated rings. The van der Waals surface area contributed by atoms with Crippen molar-refractivity contribution in [2.45, 2.75) is 24.4 Å². The highest BCUT2D eigenvalue weighted by molar-refractivity contribution is 7.99. The Morgan fingerprint density at radius 1 is 1.39 bits per heavy atom. The quantitative estimate of drug-likeness (QED) is 0.668. The van der Waals surface area contributed by atoms with Gasteiger partial charge in [0.25, 0.3) is 0 Å². The molecule has 0 saturated heterocycles. The molecule has 1 rings (SSSR count). The van der Waals surface area contributed by atoms with Gasteiger partial charge >= 0.3 is 12.1 Å². The Bertz CT molecular complexity index is 457. The van der Waals surface area contributed by atoms with Crippen LogP contribution in [-0.2, 0) is 6.18 Å². The molecule has 0 radical (unpaired) electrons. The van der Waals surface area contributed by atoms with Crippen LogP contribution in [0, 0.1) is 5.82 Å². The van der Waals surface area contributed by atoms with Crippen LogP contribution in [0.5, 0.6) is 0 Å². The summed E-state index contributed by atoms with van der Waals surface area (Å²) >= 11 is 0.776. The molecule has 100 valence electrons. The van der Waals surface area contributed by atoms with E-state index in [1.54, 1.807) is 6.92 Å². The average Bonchev–Trinajstić information content (AvgIpc) is 2.25. The molecule has 1 aromatic rings. The molecular weight excluding hydrogens is 272 g/mol. The van der Waals surface area contributed by atoms with E-state index in [4.69, 9.17) is 5.11 Å². The lowest BCUT2D eigenvalue weighted by Crippen LogP contribution is -2.12. The zero-order valence-electron chi connectivity index (χ0n) is 9.34. The smallest absolute Gasteiger partial charge is 0.419 e. The van der Waals surface area contributed by atoms with Gasteiger partial charge in [0.2, 0.25) is 0 Å². The fourth-order valence-corrected chi connectivity index (χ4v) is 2.24. The Kier molecular flexibility index (Phi) is 4.61. The fourth-order valence-electron chi connectivity index (χ4n) is 1.29. The summed E-state index contributed by atoms with van der Waals surface area (Å²) in [6.45, 7) is 1.76. The van der Waals surface area contributed by atoms with Crippen molar-refractivity contribution >= 4 is 17.7 Å². The van der Waals surface area contributed by atoms with Crippen LogP contribution < -0.4 is 0 Å². The Balaban J connectivity index is 3.35. The maximum atomic E-state index is 13.7. The summed E-state index contributed by atoms with van der Waals surface area (Å²) in [6.07, 6.45) is -4.23. The second-order valence-electron chi connectivity index (χ2n) is 3.46.